The van der Waals surface area contributed by atoms with E-state index in [4.69, 9.17) is 5.11 Å². The number of aromatic nitrogens is 1. The number of nitrogens with zero attached hydrogens (tertiary/aromatic N) is 1. The zero-order valence-corrected chi connectivity index (χ0v) is 6.56. The lowest BCUT2D eigenvalue weighted by molar-refractivity contribution is 0.273. The van der Waals surface area contributed by atoms with Crippen LogP contribution in [0.4, 0.5) is 0 Å². The van der Waals surface area contributed by atoms with Crippen molar-refractivity contribution in [2.24, 2.45) is 0 Å². The third-order valence-corrected chi connectivity index (χ3v) is 2.03. The van der Waals surface area contributed by atoms with Gasteiger partial charge in [-0.15, -0.1) is 11.8 Å². The van der Waals surface area contributed by atoms with Crippen LogP contribution in [0.3, 0.4) is 0 Å². The quantitative estimate of drug-likeness (QED) is 0.653. The summed E-state index contributed by atoms with van der Waals surface area (Å²) in [5.74, 6) is 0. The van der Waals surface area contributed by atoms with Crippen LogP contribution in [0.1, 0.15) is 5.69 Å². The van der Waals surface area contributed by atoms with Crippen molar-refractivity contribution < 1.29 is 5.11 Å². The molecule has 54 valence electrons. The molecule has 0 aliphatic rings. The van der Waals surface area contributed by atoms with E-state index in [1.807, 2.05) is 18.4 Å². The van der Waals surface area contributed by atoms with E-state index in [0.717, 1.165) is 10.6 Å². The summed E-state index contributed by atoms with van der Waals surface area (Å²) < 4.78 is 0. The molecule has 0 saturated carbocycles. The highest BCUT2D eigenvalue weighted by Crippen LogP contribution is 2.16. The molecule has 0 saturated heterocycles. The highest BCUT2D eigenvalue weighted by atomic mass is 32.2. The number of hydrogen-bond donors (Lipinski definition) is 1. The second-order valence-corrected chi connectivity index (χ2v) is 2.66. The van der Waals surface area contributed by atoms with Crippen molar-refractivity contribution in [2.75, 3.05) is 6.26 Å². The van der Waals surface area contributed by atoms with Crippen molar-refractivity contribution in [1.29, 1.82) is 0 Å². The second-order valence-electron chi connectivity index (χ2n) is 1.81. The van der Waals surface area contributed by atoms with Gasteiger partial charge in [-0.2, -0.15) is 0 Å². The SMILES string of the molecule is CSc1cccnc1CO. The zero-order chi connectivity index (χ0) is 7.40. The molecule has 1 rings (SSSR count). The fourth-order valence-electron chi connectivity index (χ4n) is 0.728. The summed E-state index contributed by atoms with van der Waals surface area (Å²) in [7, 11) is 0. The minimum Gasteiger partial charge on any atom is -0.390 e. The second kappa shape index (κ2) is 3.58. The van der Waals surface area contributed by atoms with Gasteiger partial charge in [-0.3, -0.25) is 4.98 Å². The van der Waals surface area contributed by atoms with Crippen LogP contribution in [0, 0.1) is 0 Å². The normalized spacial score (nSPS) is 9.80. The lowest BCUT2D eigenvalue weighted by atomic mass is 10.4. The molecule has 1 heterocycles. The summed E-state index contributed by atoms with van der Waals surface area (Å²) in [5.41, 5.74) is 0.759. The van der Waals surface area contributed by atoms with Crippen molar-refractivity contribution in [3.63, 3.8) is 0 Å². The molecule has 1 N–H and O–H groups in total. The van der Waals surface area contributed by atoms with Crippen molar-refractivity contribution in [1.82, 2.24) is 4.98 Å². The van der Waals surface area contributed by atoms with Gasteiger partial charge in [0.25, 0.3) is 0 Å². The maximum Gasteiger partial charge on any atom is 0.0864 e. The van der Waals surface area contributed by atoms with E-state index < -0.39 is 0 Å². The maximum atomic E-state index is 8.77. The smallest absolute Gasteiger partial charge is 0.0864 e. The Morgan fingerprint density at radius 2 is 2.50 bits per heavy atom. The average molecular weight is 155 g/mol. The molecule has 1 aromatic heterocycles. The Balaban J connectivity index is 2.96. The molecular formula is C7H9NOS. The molecule has 0 spiro atoms. The molecule has 0 atom stereocenters. The van der Waals surface area contributed by atoms with E-state index in [2.05, 4.69) is 4.98 Å². The average Bonchev–Trinajstić information content (AvgIpc) is 2.04. The van der Waals surface area contributed by atoms with Crippen LogP contribution in [0.2, 0.25) is 0 Å². The van der Waals surface area contributed by atoms with E-state index >= 15 is 0 Å². The third-order valence-electron chi connectivity index (χ3n) is 1.22. The Kier molecular flexibility index (Phi) is 2.71. The number of thioether (sulfide) groups is 1. The fraction of sp³-hybridized carbons (Fsp3) is 0.286. The van der Waals surface area contributed by atoms with Crippen molar-refractivity contribution in [3.8, 4) is 0 Å². The molecule has 0 fully saturated rings. The summed E-state index contributed by atoms with van der Waals surface area (Å²) in [4.78, 5) is 5.04. The van der Waals surface area contributed by atoms with Crippen molar-refractivity contribution >= 4 is 11.8 Å². The summed E-state index contributed by atoms with van der Waals surface area (Å²) in [6, 6.07) is 3.81. The summed E-state index contributed by atoms with van der Waals surface area (Å²) >= 11 is 1.60. The Hall–Kier alpha value is -0.540. The summed E-state index contributed by atoms with van der Waals surface area (Å²) in [5, 5.41) is 8.77. The minimum absolute atomic E-state index is 0.0248. The van der Waals surface area contributed by atoms with E-state index in [9.17, 15) is 0 Å². The Labute approximate surface area is 64.3 Å². The van der Waals surface area contributed by atoms with Gasteiger partial charge in [0.2, 0.25) is 0 Å². The number of pyridine rings is 1. The van der Waals surface area contributed by atoms with E-state index in [1.165, 1.54) is 0 Å². The van der Waals surface area contributed by atoms with Gasteiger partial charge in [0.15, 0.2) is 0 Å². The Morgan fingerprint density at radius 1 is 1.70 bits per heavy atom. The van der Waals surface area contributed by atoms with E-state index in [1.54, 1.807) is 18.0 Å². The van der Waals surface area contributed by atoms with Crippen molar-refractivity contribution in [2.45, 2.75) is 11.5 Å². The number of aliphatic hydroxyl groups excluding tert-OH is 1. The highest BCUT2D eigenvalue weighted by molar-refractivity contribution is 7.98. The number of rotatable bonds is 2. The maximum absolute atomic E-state index is 8.77. The highest BCUT2D eigenvalue weighted by Gasteiger charge is 1.97. The number of aliphatic hydroxyl groups is 1. The molecule has 0 aromatic carbocycles. The molecule has 1 aromatic rings. The molecule has 2 nitrogen and oxygen atoms in total. The molecule has 0 amide bonds. The first-order valence-electron chi connectivity index (χ1n) is 2.97. The van der Waals surface area contributed by atoms with Crippen molar-refractivity contribution in [3.05, 3.63) is 24.0 Å². The first kappa shape index (κ1) is 7.57. The fourth-order valence-corrected chi connectivity index (χ4v) is 1.30. The van der Waals surface area contributed by atoms with Gasteiger partial charge in [0, 0.05) is 11.1 Å². The molecule has 0 unspecified atom stereocenters. The molecule has 0 radical (unpaired) electrons. The Bertz CT molecular complexity index is 192. The molecule has 3 heteroatoms. The standard InChI is InChI=1S/C7H9NOS/c1-10-7-3-2-4-8-6(7)5-9/h2-4,9H,5H2,1H3. The zero-order valence-electron chi connectivity index (χ0n) is 5.74. The van der Waals surface area contributed by atoms with Crippen LogP contribution >= 0.6 is 11.8 Å². The van der Waals surface area contributed by atoms with E-state index in [0.29, 0.717) is 0 Å². The third kappa shape index (κ3) is 1.49. The van der Waals surface area contributed by atoms with Gasteiger partial charge in [0.05, 0.1) is 12.3 Å². The van der Waals surface area contributed by atoms with Gasteiger partial charge in [0.1, 0.15) is 0 Å². The predicted molar refractivity (Wildman–Crippen MR) is 41.9 cm³/mol. The van der Waals surface area contributed by atoms with Gasteiger partial charge in [-0.05, 0) is 18.4 Å². The van der Waals surface area contributed by atoms with Gasteiger partial charge >= 0.3 is 0 Å². The molecular weight excluding hydrogens is 146 g/mol. The number of hydrogen-bond acceptors (Lipinski definition) is 3. The van der Waals surface area contributed by atoms with Crippen LogP contribution in [-0.4, -0.2) is 16.3 Å². The molecule has 0 aliphatic carbocycles. The lowest BCUT2D eigenvalue weighted by Crippen LogP contribution is -1.89. The predicted octanol–water partition coefficient (Wildman–Crippen LogP) is 1.30. The summed E-state index contributed by atoms with van der Waals surface area (Å²) in [6.07, 6.45) is 3.65. The monoisotopic (exact) mass is 155 g/mol. The Morgan fingerprint density at radius 3 is 3.00 bits per heavy atom. The van der Waals surface area contributed by atoms with E-state index in [-0.39, 0.29) is 6.61 Å². The lowest BCUT2D eigenvalue weighted by Gasteiger charge is -1.99. The van der Waals surface area contributed by atoms with Gasteiger partial charge in [-0.25, -0.2) is 0 Å². The topological polar surface area (TPSA) is 33.1 Å². The van der Waals surface area contributed by atoms with Crippen LogP contribution in [0.15, 0.2) is 23.2 Å². The minimum atomic E-state index is 0.0248. The van der Waals surface area contributed by atoms with Crippen LogP contribution in [0.25, 0.3) is 0 Å². The molecule has 0 aliphatic heterocycles. The van der Waals surface area contributed by atoms with Crippen LogP contribution in [0.5, 0.6) is 0 Å². The first-order valence-corrected chi connectivity index (χ1v) is 4.19. The van der Waals surface area contributed by atoms with Crippen LogP contribution in [-0.2, 0) is 6.61 Å². The molecule has 0 bridgehead atoms. The first-order chi connectivity index (χ1) is 4.88. The van der Waals surface area contributed by atoms with Crippen LogP contribution < -0.4 is 0 Å². The largest absolute Gasteiger partial charge is 0.390 e. The summed E-state index contributed by atoms with van der Waals surface area (Å²) in [6.45, 7) is 0.0248. The van der Waals surface area contributed by atoms with Gasteiger partial charge < -0.3 is 5.11 Å². The molecule has 10 heavy (non-hydrogen) atoms. The van der Waals surface area contributed by atoms with Gasteiger partial charge in [-0.1, -0.05) is 0 Å².